The van der Waals surface area contributed by atoms with Crippen LogP contribution >= 0.6 is 34.7 Å². The van der Waals surface area contributed by atoms with Gasteiger partial charge in [-0.2, -0.15) is 0 Å². The maximum Gasteiger partial charge on any atom is 0.339 e. The van der Waals surface area contributed by atoms with Gasteiger partial charge in [0, 0.05) is 10.7 Å². The molecule has 2 heterocycles. The van der Waals surface area contributed by atoms with E-state index in [0.717, 1.165) is 22.0 Å². The minimum Gasteiger partial charge on any atom is -0.465 e. The van der Waals surface area contributed by atoms with Crippen LogP contribution in [0.25, 0.3) is 15.8 Å². The number of anilines is 1. The summed E-state index contributed by atoms with van der Waals surface area (Å²) in [6.07, 6.45) is 0. The van der Waals surface area contributed by atoms with Crippen molar-refractivity contribution in [2.75, 3.05) is 19.5 Å². The Morgan fingerprint density at radius 1 is 1.00 bits per heavy atom. The number of nitrogens with two attached hydrogens (primary N) is 1. The van der Waals surface area contributed by atoms with Crippen molar-refractivity contribution in [1.29, 1.82) is 0 Å². The number of hydrogen-bond acceptors (Lipinski definition) is 10. The predicted molar refractivity (Wildman–Crippen MR) is 158 cm³/mol. The molecule has 3 aromatic carbocycles. The highest BCUT2D eigenvalue weighted by molar-refractivity contribution is 8.16. The Bertz CT molecular complexity index is 1680. The monoisotopic (exact) mass is 592 g/mol. The standard InChI is InChI=1S/C28H21ClN4O5S2/c1-37-27(35)14-7-12-17(28(36)38-2)19(13-14)32-24(34)23-22(30)21(26-33-18-5-3-4-6-20(18)39-26)25(40-23)31-16-10-8-15(29)9-11-16/h3-13,23H,30H2,1-2H3,(H,32,34)/t23-/m0/s1. The predicted octanol–water partition coefficient (Wildman–Crippen LogP) is 5.68. The Hall–Kier alpha value is -4.19. The van der Waals surface area contributed by atoms with Crippen molar-refractivity contribution in [3.8, 4) is 0 Å². The van der Waals surface area contributed by atoms with Gasteiger partial charge in [0.1, 0.15) is 15.3 Å². The van der Waals surface area contributed by atoms with E-state index in [0.29, 0.717) is 26.3 Å². The molecule has 1 aliphatic rings. The summed E-state index contributed by atoms with van der Waals surface area (Å²) in [6.45, 7) is 0. The van der Waals surface area contributed by atoms with Gasteiger partial charge in [-0.25, -0.2) is 19.6 Å². The van der Waals surface area contributed by atoms with Crippen LogP contribution in [0.2, 0.25) is 5.02 Å². The zero-order valence-electron chi connectivity index (χ0n) is 21.1. The van der Waals surface area contributed by atoms with Crippen LogP contribution in [0.1, 0.15) is 25.7 Å². The number of rotatable bonds is 6. The minimum atomic E-state index is -0.902. The number of aromatic nitrogens is 1. The van der Waals surface area contributed by atoms with Crippen molar-refractivity contribution < 1.29 is 23.9 Å². The van der Waals surface area contributed by atoms with E-state index in [4.69, 9.17) is 36.8 Å². The van der Waals surface area contributed by atoms with Crippen molar-refractivity contribution in [2.24, 2.45) is 10.7 Å². The normalized spacial score (nSPS) is 15.9. The van der Waals surface area contributed by atoms with Gasteiger partial charge in [-0.05, 0) is 54.6 Å². The molecule has 3 N–H and O–H groups in total. The number of hydrogen-bond donors (Lipinski definition) is 2. The van der Waals surface area contributed by atoms with Crippen LogP contribution in [0.15, 0.2) is 77.4 Å². The molecule has 1 amide bonds. The third-order valence-corrected chi connectivity index (χ3v) is 8.45. The molecule has 0 radical (unpaired) electrons. The average molecular weight is 593 g/mol. The maximum absolute atomic E-state index is 13.6. The first kappa shape index (κ1) is 27.4. The number of nitrogens with one attached hydrogen (secondary N) is 1. The zero-order valence-corrected chi connectivity index (χ0v) is 23.5. The minimum absolute atomic E-state index is 0.0653. The topological polar surface area (TPSA) is 133 Å². The molecule has 40 heavy (non-hydrogen) atoms. The smallest absolute Gasteiger partial charge is 0.339 e. The van der Waals surface area contributed by atoms with E-state index in [1.54, 1.807) is 24.3 Å². The van der Waals surface area contributed by atoms with E-state index < -0.39 is 23.1 Å². The molecule has 1 aliphatic heterocycles. The van der Waals surface area contributed by atoms with E-state index in [-0.39, 0.29) is 22.5 Å². The summed E-state index contributed by atoms with van der Waals surface area (Å²) in [5.74, 6) is -1.83. The van der Waals surface area contributed by atoms with Gasteiger partial charge < -0.3 is 20.5 Å². The van der Waals surface area contributed by atoms with Gasteiger partial charge in [-0.3, -0.25) is 4.79 Å². The molecular weight excluding hydrogens is 572 g/mol. The van der Waals surface area contributed by atoms with Gasteiger partial charge >= 0.3 is 11.9 Å². The highest BCUT2D eigenvalue weighted by atomic mass is 35.5. The lowest BCUT2D eigenvalue weighted by Crippen LogP contribution is -2.29. The fourth-order valence-electron chi connectivity index (χ4n) is 3.97. The van der Waals surface area contributed by atoms with E-state index in [9.17, 15) is 14.4 Å². The second kappa shape index (κ2) is 11.5. The van der Waals surface area contributed by atoms with Crippen LogP contribution in [0.5, 0.6) is 0 Å². The number of carbonyl (C=O) groups is 3. The number of nitrogens with zero attached hydrogens (tertiary/aromatic N) is 2. The number of thiazole rings is 1. The molecule has 0 aliphatic carbocycles. The van der Waals surface area contributed by atoms with Crippen LogP contribution in [0.4, 0.5) is 11.4 Å². The second-order valence-corrected chi connectivity index (χ2v) is 11.0. The van der Waals surface area contributed by atoms with Crippen LogP contribution in [-0.2, 0) is 14.3 Å². The SMILES string of the molecule is COC(=O)c1ccc(C(=O)OC)c(NC(=O)[C@H]2SC(=Nc3ccc(Cl)cc3)C(c3nc4ccccc4s3)=C2N)c1. The number of halogens is 1. The number of benzene rings is 3. The molecule has 0 unspecified atom stereocenters. The molecule has 202 valence electrons. The summed E-state index contributed by atoms with van der Waals surface area (Å²) in [6, 6.07) is 18.8. The van der Waals surface area contributed by atoms with Crippen LogP contribution in [0, 0.1) is 0 Å². The first-order valence-corrected chi connectivity index (χ1v) is 13.8. The molecule has 12 heteroatoms. The molecule has 1 atom stereocenters. The summed E-state index contributed by atoms with van der Waals surface area (Å²) >= 11 is 8.64. The quantitative estimate of drug-likeness (QED) is 0.273. The van der Waals surface area contributed by atoms with Crippen molar-refractivity contribution in [3.05, 3.63) is 93.6 Å². The van der Waals surface area contributed by atoms with Crippen molar-refractivity contribution in [1.82, 2.24) is 4.98 Å². The van der Waals surface area contributed by atoms with Crippen molar-refractivity contribution in [2.45, 2.75) is 5.25 Å². The molecule has 0 saturated heterocycles. The van der Waals surface area contributed by atoms with E-state index in [1.807, 2.05) is 24.3 Å². The molecule has 9 nitrogen and oxygen atoms in total. The largest absolute Gasteiger partial charge is 0.465 e. The lowest BCUT2D eigenvalue weighted by atomic mass is 10.1. The Kier molecular flexibility index (Phi) is 7.88. The Labute approximate surface area is 242 Å². The highest BCUT2D eigenvalue weighted by Gasteiger charge is 2.37. The van der Waals surface area contributed by atoms with Crippen LogP contribution < -0.4 is 11.1 Å². The first-order chi connectivity index (χ1) is 19.3. The molecule has 1 aromatic heterocycles. The van der Waals surface area contributed by atoms with Gasteiger partial charge in [0.25, 0.3) is 0 Å². The third-order valence-electron chi connectivity index (χ3n) is 5.92. The lowest BCUT2D eigenvalue weighted by molar-refractivity contribution is -0.115. The van der Waals surface area contributed by atoms with Crippen molar-refractivity contribution >= 4 is 84.8 Å². The highest BCUT2D eigenvalue weighted by Crippen LogP contribution is 2.42. The Morgan fingerprint density at radius 2 is 1.73 bits per heavy atom. The number of methoxy groups -OCH3 is 2. The Morgan fingerprint density at radius 3 is 2.42 bits per heavy atom. The second-order valence-electron chi connectivity index (χ2n) is 8.44. The summed E-state index contributed by atoms with van der Waals surface area (Å²) in [5, 5.41) is 3.53. The Balaban J connectivity index is 1.55. The zero-order chi connectivity index (χ0) is 28.4. The summed E-state index contributed by atoms with van der Waals surface area (Å²) in [5.41, 5.74) is 9.15. The van der Waals surface area contributed by atoms with Gasteiger partial charge in [0.2, 0.25) is 5.91 Å². The number of fused-ring (bicyclic) bond motifs is 1. The molecule has 0 fully saturated rings. The van der Waals surface area contributed by atoms with Gasteiger partial charge in [-0.15, -0.1) is 11.3 Å². The third kappa shape index (κ3) is 5.44. The molecule has 0 saturated carbocycles. The molecule has 5 rings (SSSR count). The fraction of sp³-hybridized carbons (Fsp3) is 0.107. The van der Waals surface area contributed by atoms with E-state index in [2.05, 4.69) is 5.32 Å². The summed E-state index contributed by atoms with van der Waals surface area (Å²) in [4.78, 5) is 47.6. The number of para-hydroxylation sites is 1. The van der Waals surface area contributed by atoms with Crippen LogP contribution in [0.3, 0.4) is 0 Å². The van der Waals surface area contributed by atoms with Crippen LogP contribution in [-0.4, -0.2) is 47.3 Å². The maximum atomic E-state index is 13.6. The molecule has 4 aromatic rings. The number of aliphatic imine (C=N–C) groups is 1. The first-order valence-electron chi connectivity index (χ1n) is 11.8. The fourth-order valence-corrected chi connectivity index (χ4v) is 6.32. The number of carbonyl (C=O) groups excluding carboxylic acids is 3. The van der Waals surface area contributed by atoms with Gasteiger partial charge in [0.15, 0.2) is 0 Å². The average Bonchev–Trinajstić information content (AvgIpc) is 3.53. The lowest BCUT2D eigenvalue weighted by Gasteiger charge is -2.14. The van der Waals surface area contributed by atoms with E-state index in [1.165, 1.54) is 43.8 Å². The number of ether oxygens (including phenoxy) is 2. The number of amides is 1. The van der Waals surface area contributed by atoms with Gasteiger partial charge in [0.05, 0.1) is 52.5 Å². The molecule has 0 bridgehead atoms. The van der Waals surface area contributed by atoms with E-state index >= 15 is 0 Å². The van der Waals surface area contributed by atoms with Gasteiger partial charge in [-0.1, -0.05) is 35.5 Å². The summed E-state index contributed by atoms with van der Waals surface area (Å²) in [7, 11) is 2.46. The number of esters is 2. The number of thioether (sulfide) groups is 1. The molecular formula is C28H21ClN4O5S2. The molecule has 0 spiro atoms. The summed E-state index contributed by atoms with van der Waals surface area (Å²) < 4.78 is 10.6. The van der Waals surface area contributed by atoms with Crippen molar-refractivity contribution in [3.63, 3.8) is 0 Å².